The molecule has 1 fully saturated rings. The van der Waals surface area contributed by atoms with Crippen LogP contribution in [0.1, 0.15) is 18.1 Å². The summed E-state index contributed by atoms with van der Waals surface area (Å²) in [5.41, 5.74) is 2.40. The summed E-state index contributed by atoms with van der Waals surface area (Å²) in [5, 5.41) is 20.2. The van der Waals surface area contributed by atoms with Gasteiger partial charge in [-0.3, -0.25) is 4.79 Å². The van der Waals surface area contributed by atoms with Crippen LogP contribution in [0.4, 0.5) is 10.2 Å². The third kappa shape index (κ3) is 4.86. The van der Waals surface area contributed by atoms with Crippen LogP contribution in [-0.4, -0.2) is 46.7 Å². The molecular weight excluding hydrogens is 477 g/mol. The molecule has 0 bridgehead atoms. The number of hydrogen-bond donors (Lipinski definition) is 0. The summed E-state index contributed by atoms with van der Waals surface area (Å²) in [6, 6.07) is 24.2. The fraction of sp³-hybridized carbons (Fsp3) is 0.214. The Morgan fingerprint density at radius 3 is 2.44 bits per heavy atom. The van der Waals surface area contributed by atoms with E-state index < -0.39 is 5.82 Å². The van der Waals surface area contributed by atoms with Gasteiger partial charge in [0.15, 0.2) is 5.82 Å². The molecule has 1 aliphatic rings. The molecule has 1 saturated heterocycles. The highest BCUT2D eigenvalue weighted by atomic mass is 35.5. The lowest BCUT2D eigenvalue weighted by molar-refractivity contribution is -0.132. The topological polar surface area (TPSA) is 73.1 Å². The molecule has 1 aromatic heterocycles. The van der Waals surface area contributed by atoms with Crippen molar-refractivity contribution >= 4 is 34.9 Å². The number of carbonyl (C=O) groups excluding carboxylic acids is 1. The minimum Gasteiger partial charge on any atom is -0.351 e. The quantitative estimate of drug-likeness (QED) is 0.393. The number of nitriles is 1. The maximum Gasteiger partial charge on any atom is 0.227 e. The zero-order valence-electron chi connectivity index (χ0n) is 19.8. The number of hydrogen-bond acceptors (Lipinski definition) is 5. The second-order valence-electron chi connectivity index (χ2n) is 8.76. The Labute approximate surface area is 215 Å². The number of fused-ring (bicyclic) bond motifs is 1. The van der Waals surface area contributed by atoms with E-state index in [9.17, 15) is 9.18 Å². The predicted molar refractivity (Wildman–Crippen MR) is 140 cm³/mol. The molecule has 0 radical (unpaired) electrons. The number of amides is 1. The van der Waals surface area contributed by atoms with E-state index in [1.807, 2.05) is 55.5 Å². The van der Waals surface area contributed by atoms with Crippen LogP contribution in [0, 0.1) is 17.1 Å². The van der Waals surface area contributed by atoms with Gasteiger partial charge in [0.25, 0.3) is 0 Å². The van der Waals surface area contributed by atoms with Crippen molar-refractivity contribution in [1.82, 2.24) is 15.1 Å². The molecule has 1 aliphatic heterocycles. The summed E-state index contributed by atoms with van der Waals surface area (Å²) in [5.74, 6) is 0.150. The van der Waals surface area contributed by atoms with Crippen molar-refractivity contribution in [2.24, 2.45) is 0 Å². The summed E-state index contributed by atoms with van der Waals surface area (Å²) in [4.78, 5) is 17.0. The van der Waals surface area contributed by atoms with E-state index in [0.29, 0.717) is 25.2 Å². The van der Waals surface area contributed by atoms with E-state index >= 15 is 0 Å². The van der Waals surface area contributed by atoms with Crippen molar-refractivity contribution in [1.29, 1.82) is 5.26 Å². The van der Waals surface area contributed by atoms with Crippen molar-refractivity contribution < 1.29 is 9.18 Å². The molecule has 36 heavy (non-hydrogen) atoms. The molecule has 0 unspecified atom stereocenters. The third-order valence-electron chi connectivity index (χ3n) is 6.49. The Hall–Kier alpha value is -4.02. The number of rotatable bonds is 4. The molecule has 4 aromatic rings. The van der Waals surface area contributed by atoms with Gasteiger partial charge in [0, 0.05) is 42.0 Å². The average Bonchev–Trinajstić information content (AvgIpc) is 2.89. The van der Waals surface area contributed by atoms with E-state index in [2.05, 4.69) is 27.2 Å². The summed E-state index contributed by atoms with van der Waals surface area (Å²) >= 11 is 0. The molecular formula is C28H25ClFN5O. The first-order valence-corrected chi connectivity index (χ1v) is 11.6. The van der Waals surface area contributed by atoms with Gasteiger partial charge < -0.3 is 9.80 Å². The van der Waals surface area contributed by atoms with Gasteiger partial charge in [0.2, 0.25) is 5.91 Å². The molecule has 0 aliphatic carbocycles. The van der Waals surface area contributed by atoms with E-state index in [1.54, 1.807) is 4.90 Å². The Balaban J connectivity index is 0.00000304. The van der Waals surface area contributed by atoms with Crippen molar-refractivity contribution in [2.75, 3.05) is 24.5 Å². The number of nitrogens with zero attached hydrogens (tertiary/aromatic N) is 5. The van der Waals surface area contributed by atoms with Gasteiger partial charge in [-0.2, -0.15) is 5.26 Å². The van der Waals surface area contributed by atoms with E-state index in [1.165, 1.54) is 18.2 Å². The van der Waals surface area contributed by atoms with Crippen LogP contribution >= 0.6 is 12.4 Å². The minimum atomic E-state index is -0.524. The molecule has 2 heterocycles. The van der Waals surface area contributed by atoms with Crippen LogP contribution in [0.2, 0.25) is 0 Å². The van der Waals surface area contributed by atoms with Crippen molar-refractivity contribution in [3.8, 4) is 17.3 Å². The molecule has 182 valence electrons. The van der Waals surface area contributed by atoms with Crippen LogP contribution in [0.5, 0.6) is 0 Å². The zero-order valence-corrected chi connectivity index (χ0v) is 20.6. The Kier molecular flexibility index (Phi) is 7.47. The number of anilines is 1. The molecule has 0 N–H and O–H groups in total. The largest absolute Gasteiger partial charge is 0.351 e. The first-order valence-electron chi connectivity index (χ1n) is 11.6. The molecule has 1 amide bonds. The van der Waals surface area contributed by atoms with Crippen molar-refractivity contribution in [3.05, 3.63) is 89.7 Å². The van der Waals surface area contributed by atoms with E-state index in [4.69, 9.17) is 5.26 Å². The molecule has 6 nitrogen and oxygen atoms in total. The maximum atomic E-state index is 14.3. The van der Waals surface area contributed by atoms with Gasteiger partial charge in [0.1, 0.15) is 11.5 Å². The van der Waals surface area contributed by atoms with Crippen LogP contribution in [0.3, 0.4) is 0 Å². The standard InChI is InChI=1S/C28H24FN5O.ClH/c1-19-18-33(13-14-34(19)26(35)16-22-12-11-20(17-30)15-25(22)29)28-24-10-6-5-9-23(24)27(31-32-28)21-7-3-2-4-8-21;/h2-12,15,19H,13-14,16,18H2,1H3;1H/t19-;/m0./s1. The van der Waals surface area contributed by atoms with Crippen LogP contribution in [0.15, 0.2) is 72.8 Å². The van der Waals surface area contributed by atoms with Gasteiger partial charge >= 0.3 is 0 Å². The lowest BCUT2D eigenvalue weighted by Crippen LogP contribution is -2.54. The highest BCUT2D eigenvalue weighted by Gasteiger charge is 2.29. The number of piperazine rings is 1. The Bertz CT molecular complexity index is 1440. The molecule has 0 saturated carbocycles. The van der Waals surface area contributed by atoms with Gasteiger partial charge in [-0.15, -0.1) is 22.6 Å². The first-order chi connectivity index (χ1) is 17.0. The molecule has 5 rings (SSSR count). The summed E-state index contributed by atoms with van der Waals surface area (Å²) < 4.78 is 14.3. The van der Waals surface area contributed by atoms with Crippen molar-refractivity contribution in [3.63, 3.8) is 0 Å². The number of carbonyl (C=O) groups is 1. The summed E-state index contributed by atoms with van der Waals surface area (Å²) in [6.07, 6.45) is -0.0314. The van der Waals surface area contributed by atoms with Gasteiger partial charge in [-0.25, -0.2) is 4.39 Å². The number of halogens is 2. The highest BCUT2D eigenvalue weighted by Crippen LogP contribution is 2.32. The third-order valence-corrected chi connectivity index (χ3v) is 6.49. The highest BCUT2D eigenvalue weighted by molar-refractivity contribution is 6.00. The number of aromatic nitrogens is 2. The maximum absolute atomic E-state index is 14.3. The fourth-order valence-electron chi connectivity index (χ4n) is 4.68. The lowest BCUT2D eigenvalue weighted by Gasteiger charge is -2.40. The van der Waals surface area contributed by atoms with Gasteiger partial charge in [0.05, 0.1) is 18.1 Å². The predicted octanol–water partition coefficient (Wildman–Crippen LogP) is 5.01. The Morgan fingerprint density at radius 1 is 1.03 bits per heavy atom. The van der Waals surface area contributed by atoms with Crippen molar-refractivity contribution in [2.45, 2.75) is 19.4 Å². The molecule has 3 aromatic carbocycles. The fourth-order valence-corrected chi connectivity index (χ4v) is 4.68. The van der Waals surface area contributed by atoms with Gasteiger partial charge in [-0.05, 0) is 24.6 Å². The SMILES string of the molecule is C[C@H]1CN(c2nnc(-c3ccccc3)c3ccccc23)CCN1C(=O)Cc1ccc(C#N)cc1F.Cl. The smallest absolute Gasteiger partial charge is 0.227 e. The summed E-state index contributed by atoms with van der Waals surface area (Å²) in [7, 11) is 0. The monoisotopic (exact) mass is 501 g/mol. The van der Waals surface area contributed by atoms with E-state index in [0.717, 1.165) is 27.8 Å². The normalized spacial score (nSPS) is 15.3. The second kappa shape index (κ2) is 10.7. The molecule has 8 heteroatoms. The molecule has 0 spiro atoms. The summed E-state index contributed by atoms with van der Waals surface area (Å²) in [6.45, 7) is 3.71. The second-order valence-corrected chi connectivity index (χ2v) is 8.76. The van der Waals surface area contributed by atoms with Crippen LogP contribution < -0.4 is 4.90 Å². The lowest BCUT2D eigenvalue weighted by atomic mass is 10.0. The Morgan fingerprint density at radius 2 is 1.75 bits per heavy atom. The van der Waals surface area contributed by atoms with Crippen LogP contribution in [-0.2, 0) is 11.2 Å². The van der Waals surface area contributed by atoms with Gasteiger partial charge in [-0.1, -0.05) is 60.7 Å². The zero-order chi connectivity index (χ0) is 24.4. The van der Waals surface area contributed by atoms with Crippen LogP contribution in [0.25, 0.3) is 22.0 Å². The number of benzene rings is 3. The first kappa shape index (κ1) is 25.1. The molecule has 1 atom stereocenters. The minimum absolute atomic E-state index is 0. The average molecular weight is 502 g/mol. The van der Waals surface area contributed by atoms with E-state index in [-0.39, 0.29) is 36.3 Å².